The van der Waals surface area contributed by atoms with Crippen LogP contribution >= 0.6 is 23.6 Å². The Morgan fingerprint density at radius 2 is 2.22 bits per heavy atom. The largest absolute Gasteiger partial charge is 0.389 e. The van der Waals surface area contributed by atoms with Gasteiger partial charge in [0.1, 0.15) is 10.5 Å². The van der Waals surface area contributed by atoms with Crippen molar-refractivity contribution in [2.24, 2.45) is 5.73 Å². The molecule has 0 atom stereocenters. The number of anilines is 1. The Hall–Kier alpha value is -1.58. The van der Waals surface area contributed by atoms with E-state index in [-0.39, 0.29) is 15.0 Å². The first kappa shape index (κ1) is 12.9. The molecule has 0 amide bonds. The van der Waals surface area contributed by atoms with Gasteiger partial charge in [-0.25, -0.2) is 8.42 Å². The summed E-state index contributed by atoms with van der Waals surface area (Å²) in [6, 6.07) is 6.08. The quantitative estimate of drug-likeness (QED) is 0.817. The maximum absolute atomic E-state index is 12.0. The summed E-state index contributed by atoms with van der Waals surface area (Å²) in [5, 5.41) is 7.36. The van der Waals surface area contributed by atoms with E-state index < -0.39 is 10.0 Å². The molecule has 94 valence electrons. The first-order chi connectivity index (χ1) is 8.49. The standard InChI is InChI=1S/C9H8N4O2S3/c10-8(16)6-2-1-3-7(4-6)18(14,15)13-9-12-11-5-17-9/h1-5H,(H2,10,16)(H,12,13). The van der Waals surface area contributed by atoms with Crippen LogP contribution in [0.5, 0.6) is 0 Å². The lowest BCUT2D eigenvalue weighted by Gasteiger charge is -2.06. The van der Waals surface area contributed by atoms with Crippen molar-refractivity contribution in [3.8, 4) is 0 Å². The molecule has 0 aliphatic carbocycles. The lowest BCUT2D eigenvalue weighted by atomic mass is 10.2. The second-order valence-corrected chi connectivity index (χ2v) is 6.20. The summed E-state index contributed by atoms with van der Waals surface area (Å²) in [5.41, 5.74) is 7.38. The van der Waals surface area contributed by atoms with Crippen LogP contribution in [0.4, 0.5) is 5.13 Å². The number of aromatic nitrogens is 2. The maximum atomic E-state index is 12.0. The number of hydrogen-bond donors (Lipinski definition) is 2. The van der Waals surface area contributed by atoms with Gasteiger partial charge in [0.2, 0.25) is 5.13 Å². The summed E-state index contributed by atoms with van der Waals surface area (Å²) in [7, 11) is -3.70. The Bertz CT molecular complexity index is 667. The maximum Gasteiger partial charge on any atom is 0.263 e. The predicted molar refractivity (Wildman–Crippen MR) is 73.0 cm³/mol. The van der Waals surface area contributed by atoms with E-state index in [0.29, 0.717) is 5.56 Å². The number of nitrogens with one attached hydrogen (secondary N) is 1. The third-order valence-corrected chi connectivity index (χ3v) is 4.32. The highest BCUT2D eigenvalue weighted by Gasteiger charge is 2.16. The minimum Gasteiger partial charge on any atom is -0.389 e. The third kappa shape index (κ3) is 2.81. The van der Waals surface area contributed by atoms with Gasteiger partial charge < -0.3 is 5.73 Å². The average molecular weight is 300 g/mol. The highest BCUT2D eigenvalue weighted by molar-refractivity contribution is 7.93. The molecule has 18 heavy (non-hydrogen) atoms. The number of hydrogen-bond acceptors (Lipinski definition) is 6. The number of nitrogens with two attached hydrogens (primary N) is 1. The molecule has 0 spiro atoms. The molecule has 1 aromatic carbocycles. The molecule has 0 saturated carbocycles. The van der Waals surface area contributed by atoms with Crippen molar-refractivity contribution in [2.75, 3.05) is 4.72 Å². The van der Waals surface area contributed by atoms with E-state index in [1.165, 1.54) is 17.6 Å². The van der Waals surface area contributed by atoms with Crippen molar-refractivity contribution in [3.63, 3.8) is 0 Å². The zero-order chi connectivity index (χ0) is 13.2. The van der Waals surface area contributed by atoms with Crippen molar-refractivity contribution in [1.29, 1.82) is 0 Å². The normalized spacial score (nSPS) is 11.1. The molecule has 2 aromatic rings. The highest BCUT2D eigenvalue weighted by atomic mass is 32.2. The molecule has 1 heterocycles. The van der Waals surface area contributed by atoms with Gasteiger partial charge >= 0.3 is 0 Å². The molecule has 0 aliphatic rings. The van der Waals surface area contributed by atoms with Gasteiger partial charge in [-0.15, -0.1) is 10.2 Å². The zero-order valence-corrected chi connectivity index (χ0v) is 11.3. The monoisotopic (exact) mass is 300 g/mol. The topological polar surface area (TPSA) is 98.0 Å². The van der Waals surface area contributed by atoms with Crippen molar-refractivity contribution in [1.82, 2.24) is 10.2 Å². The van der Waals surface area contributed by atoms with Crippen LogP contribution in [-0.4, -0.2) is 23.6 Å². The van der Waals surface area contributed by atoms with E-state index in [1.807, 2.05) is 0 Å². The molecule has 0 bridgehead atoms. The van der Waals surface area contributed by atoms with Crippen LogP contribution in [0.25, 0.3) is 0 Å². The minimum atomic E-state index is -3.70. The van der Waals surface area contributed by atoms with Gasteiger partial charge in [0.25, 0.3) is 10.0 Å². The summed E-state index contributed by atoms with van der Waals surface area (Å²) in [6.07, 6.45) is 0. The van der Waals surface area contributed by atoms with E-state index in [0.717, 1.165) is 11.3 Å². The van der Waals surface area contributed by atoms with Crippen LogP contribution in [0.2, 0.25) is 0 Å². The first-order valence-electron chi connectivity index (χ1n) is 4.68. The smallest absolute Gasteiger partial charge is 0.263 e. The van der Waals surface area contributed by atoms with E-state index in [9.17, 15) is 8.42 Å². The molecular formula is C9H8N4O2S3. The molecule has 9 heteroatoms. The Kier molecular flexibility index (Phi) is 3.55. The van der Waals surface area contributed by atoms with E-state index in [2.05, 4.69) is 14.9 Å². The molecule has 6 nitrogen and oxygen atoms in total. The van der Waals surface area contributed by atoms with Crippen molar-refractivity contribution >= 4 is 43.7 Å². The second-order valence-electron chi connectivity index (χ2n) is 3.24. The van der Waals surface area contributed by atoms with Gasteiger partial charge in [-0.05, 0) is 12.1 Å². The molecule has 0 unspecified atom stereocenters. The SMILES string of the molecule is NC(=S)c1cccc(S(=O)(=O)Nc2nncs2)c1. The van der Waals surface area contributed by atoms with Crippen LogP contribution in [0.3, 0.4) is 0 Å². The summed E-state index contributed by atoms with van der Waals surface area (Å²) in [4.78, 5) is 0.214. The van der Waals surface area contributed by atoms with Crippen molar-refractivity contribution in [2.45, 2.75) is 4.90 Å². The Morgan fingerprint density at radius 1 is 1.44 bits per heavy atom. The van der Waals surface area contributed by atoms with E-state index in [1.54, 1.807) is 12.1 Å². The molecule has 0 fully saturated rings. The lowest BCUT2D eigenvalue weighted by Crippen LogP contribution is -2.15. The number of benzene rings is 1. The van der Waals surface area contributed by atoms with Gasteiger partial charge in [0.15, 0.2) is 0 Å². The van der Waals surface area contributed by atoms with Gasteiger partial charge in [-0.3, -0.25) is 4.72 Å². The zero-order valence-electron chi connectivity index (χ0n) is 8.90. The van der Waals surface area contributed by atoms with Crippen molar-refractivity contribution < 1.29 is 8.42 Å². The number of thiocarbonyl (C=S) groups is 1. The van der Waals surface area contributed by atoms with Crippen LogP contribution in [0.15, 0.2) is 34.7 Å². The molecule has 0 saturated heterocycles. The van der Waals surface area contributed by atoms with Crippen LogP contribution in [0, 0.1) is 0 Å². The van der Waals surface area contributed by atoms with Gasteiger partial charge in [-0.2, -0.15) is 0 Å². The minimum absolute atomic E-state index is 0.0722. The van der Waals surface area contributed by atoms with Gasteiger partial charge in [0, 0.05) is 5.56 Å². The third-order valence-electron chi connectivity index (χ3n) is 2.01. The van der Waals surface area contributed by atoms with Crippen LogP contribution < -0.4 is 10.5 Å². The average Bonchev–Trinajstić information content (AvgIpc) is 2.81. The molecule has 3 N–H and O–H groups in total. The van der Waals surface area contributed by atoms with Crippen LogP contribution in [-0.2, 0) is 10.0 Å². The van der Waals surface area contributed by atoms with Gasteiger partial charge in [-0.1, -0.05) is 35.7 Å². The summed E-state index contributed by atoms with van der Waals surface area (Å²) in [5.74, 6) is 0. The summed E-state index contributed by atoms with van der Waals surface area (Å²) >= 11 is 5.89. The second kappa shape index (κ2) is 4.96. The van der Waals surface area contributed by atoms with E-state index in [4.69, 9.17) is 18.0 Å². The Balaban J connectivity index is 2.35. The first-order valence-corrected chi connectivity index (χ1v) is 7.45. The predicted octanol–water partition coefficient (Wildman–Crippen LogP) is 0.973. The molecular weight excluding hydrogens is 292 g/mol. The van der Waals surface area contributed by atoms with Gasteiger partial charge in [0.05, 0.1) is 4.90 Å². The molecule has 0 radical (unpaired) electrons. The number of rotatable bonds is 4. The fourth-order valence-electron chi connectivity index (χ4n) is 1.21. The fraction of sp³-hybridized carbons (Fsp3) is 0. The molecule has 0 aliphatic heterocycles. The van der Waals surface area contributed by atoms with E-state index >= 15 is 0 Å². The molecule has 2 rings (SSSR count). The summed E-state index contributed by atoms with van der Waals surface area (Å²) < 4.78 is 26.3. The molecule has 1 aromatic heterocycles. The Morgan fingerprint density at radius 3 is 2.83 bits per heavy atom. The highest BCUT2D eigenvalue weighted by Crippen LogP contribution is 2.17. The Labute approximate surface area is 113 Å². The van der Waals surface area contributed by atoms with Crippen molar-refractivity contribution in [3.05, 3.63) is 35.3 Å². The lowest BCUT2D eigenvalue weighted by molar-refractivity contribution is 0.601. The number of sulfonamides is 1. The fourth-order valence-corrected chi connectivity index (χ4v) is 3.07. The number of nitrogens with zero attached hydrogens (tertiary/aromatic N) is 2. The van der Waals surface area contributed by atoms with Crippen LogP contribution in [0.1, 0.15) is 5.56 Å². The summed E-state index contributed by atoms with van der Waals surface area (Å²) in [6.45, 7) is 0.